The van der Waals surface area contributed by atoms with Crippen molar-refractivity contribution in [3.8, 4) is 0 Å². The van der Waals surface area contributed by atoms with Crippen molar-refractivity contribution in [3.05, 3.63) is 0 Å². The summed E-state index contributed by atoms with van der Waals surface area (Å²) in [7, 11) is 0. The van der Waals surface area contributed by atoms with Gasteiger partial charge in [0.05, 0.1) is 6.61 Å². The van der Waals surface area contributed by atoms with Gasteiger partial charge in [-0.3, -0.25) is 0 Å². The van der Waals surface area contributed by atoms with Gasteiger partial charge < -0.3 is 4.84 Å². The average Bonchev–Trinajstić information content (AvgIpc) is 2.02. The molecule has 0 amide bonds. The molecule has 2 nitrogen and oxygen atoms in total. The van der Waals surface area contributed by atoms with Crippen LogP contribution in [0.4, 0.5) is 0 Å². The van der Waals surface area contributed by atoms with Crippen LogP contribution in [-0.4, -0.2) is 6.61 Å². The summed E-state index contributed by atoms with van der Waals surface area (Å²) in [6.07, 6.45) is 5.36. The summed E-state index contributed by atoms with van der Waals surface area (Å²) >= 11 is 0. The van der Waals surface area contributed by atoms with Gasteiger partial charge in [0.25, 0.3) is 0 Å². The SMILES string of the molecule is CC1(C)CCCC(C(C)(C)CON)C1. The third-order valence-corrected chi connectivity index (χ3v) is 3.77. The summed E-state index contributed by atoms with van der Waals surface area (Å²) in [4.78, 5) is 4.83. The highest BCUT2D eigenvalue weighted by atomic mass is 16.6. The van der Waals surface area contributed by atoms with Crippen molar-refractivity contribution in [3.63, 3.8) is 0 Å². The van der Waals surface area contributed by atoms with E-state index in [4.69, 9.17) is 10.7 Å². The maximum Gasteiger partial charge on any atom is 0.0732 e. The van der Waals surface area contributed by atoms with Crippen molar-refractivity contribution in [2.75, 3.05) is 6.61 Å². The summed E-state index contributed by atoms with van der Waals surface area (Å²) in [6.45, 7) is 9.96. The summed E-state index contributed by atoms with van der Waals surface area (Å²) in [6, 6.07) is 0. The van der Waals surface area contributed by atoms with Gasteiger partial charge in [0.1, 0.15) is 0 Å². The van der Waals surface area contributed by atoms with E-state index in [9.17, 15) is 0 Å². The van der Waals surface area contributed by atoms with Gasteiger partial charge in [0, 0.05) is 0 Å². The second kappa shape index (κ2) is 4.19. The van der Waals surface area contributed by atoms with Crippen LogP contribution in [0.15, 0.2) is 0 Å². The first-order valence-electron chi connectivity index (χ1n) is 5.69. The predicted octanol–water partition coefficient (Wildman–Crippen LogP) is 3.12. The zero-order valence-electron chi connectivity index (χ0n) is 10.1. The monoisotopic (exact) mass is 199 g/mol. The van der Waals surface area contributed by atoms with Crippen LogP contribution < -0.4 is 5.90 Å². The molecule has 0 saturated heterocycles. The molecule has 2 heteroatoms. The van der Waals surface area contributed by atoms with Crippen LogP contribution in [0.1, 0.15) is 53.4 Å². The van der Waals surface area contributed by atoms with Crippen molar-refractivity contribution in [1.82, 2.24) is 0 Å². The maximum atomic E-state index is 5.19. The van der Waals surface area contributed by atoms with Crippen LogP contribution in [0.25, 0.3) is 0 Å². The second-order valence-electron chi connectivity index (χ2n) is 6.26. The minimum Gasteiger partial charge on any atom is -0.304 e. The van der Waals surface area contributed by atoms with Crippen molar-refractivity contribution >= 4 is 0 Å². The van der Waals surface area contributed by atoms with E-state index in [-0.39, 0.29) is 5.41 Å². The van der Waals surface area contributed by atoms with E-state index in [1.807, 2.05) is 0 Å². The van der Waals surface area contributed by atoms with Crippen LogP contribution in [0, 0.1) is 16.7 Å². The van der Waals surface area contributed by atoms with Gasteiger partial charge in [-0.25, -0.2) is 5.90 Å². The largest absolute Gasteiger partial charge is 0.304 e. The molecule has 1 fully saturated rings. The molecule has 0 radical (unpaired) electrons. The molecule has 0 aromatic rings. The Balaban J connectivity index is 2.59. The molecule has 2 N–H and O–H groups in total. The van der Waals surface area contributed by atoms with Gasteiger partial charge in [0.2, 0.25) is 0 Å². The van der Waals surface area contributed by atoms with Crippen molar-refractivity contribution < 1.29 is 4.84 Å². The van der Waals surface area contributed by atoms with E-state index in [0.29, 0.717) is 12.0 Å². The van der Waals surface area contributed by atoms with E-state index in [2.05, 4.69) is 27.7 Å². The molecule has 0 bridgehead atoms. The number of rotatable bonds is 3. The molecule has 0 aromatic heterocycles. The molecule has 1 aliphatic rings. The third kappa shape index (κ3) is 2.96. The molecule has 1 saturated carbocycles. The summed E-state index contributed by atoms with van der Waals surface area (Å²) in [5, 5.41) is 0. The lowest BCUT2D eigenvalue weighted by Crippen LogP contribution is -2.36. The fraction of sp³-hybridized carbons (Fsp3) is 1.00. The fourth-order valence-corrected chi connectivity index (χ4v) is 2.70. The minimum absolute atomic E-state index is 0.229. The molecule has 84 valence electrons. The summed E-state index contributed by atoms with van der Waals surface area (Å²) in [5.74, 6) is 5.95. The molecule has 0 aliphatic heterocycles. The molecule has 1 unspecified atom stereocenters. The molecule has 0 heterocycles. The topological polar surface area (TPSA) is 35.2 Å². The van der Waals surface area contributed by atoms with Crippen LogP contribution in [0.2, 0.25) is 0 Å². The van der Waals surface area contributed by atoms with Crippen LogP contribution in [0.3, 0.4) is 0 Å². The molecular formula is C12H25NO. The fourth-order valence-electron chi connectivity index (χ4n) is 2.70. The summed E-state index contributed by atoms with van der Waals surface area (Å²) < 4.78 is 0. The second-order valence-corrected chi connectivity index (χ2v) is 6.26. The zero-order chi connectivity index (χ0) is 10.8. The van der Waals surface area contributed by atoms with E-state index in [0.717, 1.165) is 5.92 Å². The molecule has 0 spiro atoms. The Bertz CT molecular complexity index is 187. The highest BCUT2D eigenvalue weighted by Crippen LogP contribution is 2.45. The molecule has 1 atom stereocenters. The first-order valence-corrected chi connectivity index (χ1v) is 5.69. The Morgan fingerprint density at radius 3 is 2.57 bits per heavy atom. The molecular weight excluding hydrogens is 174 g/mol. The number of hydrogen-bond donors (Lipinski definition) is 1. The van der Waals surface area contributed by atoms with Crippen molar-refractivity contribution in [2.45, 2.75) is 53.4 Å². The highest BCUT2D eigenvalue weighted by Gasteiger charge is 2.37. The third-order valence-electron chi connectivity index (χ3n) is 3.77. The average molecular weight is 199 g/mol. The van der Waals surface area contributed by atoms with E-state index >= 15 is 0 Å². The Hall–Kier alpha value is -0.0800. The Labute approximate surface area is 88.2 Å². The van der Waals surface area contributed by atoms with Crippen molar-refractivity contribution in [1.29, 1.82) is 0 Å². The normalized spacial score (nSPS) is 27.6. The standard InChI is InChI=1S/C12H25NO/c1-11(2)7-5-6-10(8-11)12(3,4)9-14-13/h10H,5-9,13H2,1-4H3. The molecule has 1 aliphatic carbocycles. The van der Waals surface area contributed by atoms with Gasteiger partial charge in [-0.2, -0.15) is 0 Å². The first kappa shape index (κ1) is 12.0. The zero-order valence-corrected chi connectivity index (χ0v) is 10.1. The van der Waals surface area contributed by atoms with E-state index in [1.54, 1.807) is 0 Å². The molecule has 1 rings (SSSR count). The lowest BCUT2D eigenvalue weighted by atomic mass is 9.64. The van der Waals surface area contributed by atoms with E-state index in [1.165, 1.54) is 25.7 Å². The van der Waals surface area contributed by atoms with Crippen LogP contribution >= 0.6 is 0 Å². The van der Waals surface area contributed by atoms with Crippen LogP contribution in [0.5, 0.6) is 0 Å². The van der Waals surface area contributed by atoms with Crippen LogP contribution in [-0.2, 0) is 4.84 Å². The van der Waals surface area contributed by atoms with Crippen molar-refractivity contribution in [2.24, 2.45) is 22.6 Å². The lowest BCUT2D eigenvalue weighted by Gasteiger charge is -2.43. The Morgan fingerprint density at radius 1 is 1.43 bits per heavy atom. The van der Waals surface area contributed by atoms with E-state index < -0.39 is 0 Å². The maximum absolute atomic E-state index is 5.19. The van der Waals surface area contributed by atoms with Gasteiger partial charge in [-0.1, -0.05) is 34.1 Å². The lowest BCUT2D eigenvalue weighted by molar-refractivity contribution is -0.00342. The predicted molar refractivity (Wildman–Crippen MR) is 59.7 cm³/mol. The Kier molecular flexibility index (Phi) is 3.59. The number of hydrogen-bond acceptors (Lipinski definition) is 2. The van der Waals surface area contributed by atoms with Gasteiger partial charge >= 0.3 is 0 Å². The molecule has 14 heavy (non-hydrogen) atoms. The number of nitrogens with two attached hydrogens (primary N) is 1. The molecule has 0 aromatic carbocycles. The highest BCUT2D eigenvalue weighted by molar-refractivity contribution is 4.87. The summed E-state index contributed by atoms with van der Waals surface area (Å²) in [5.41, 5.74) is 0.737. The minimum atomic E-state index is 0.229. The van der Waals surface area contributed by atoms with Gasteiger partial charge in [0.15, 0.2) is 0 Å². The smallest absolute Gasteiger partial charge is 0.0732 e. The Morgan fingerprint density at radius 2 is 2.07 bits per heavy atom. The van der Waals surface area contributed by atoms with Gasteiger partial charge in [-0.15, -0.1) is 0 Å². The van der Waals surface area contributed by atoms with Gasteiger partial charge in [-0.05, 0) is 36.0 Å². The quantitative estimate of drug-likeness (QED) is 0.709. The first-order chi connectivity index (χ1) is 6.37.